The van der Waals surface area contributed by atoms with E-state index in [0.29, 0.717) is 37.4 Å². The molecule has 1 amide bonds. The Labute approximate surface area is 164 Å². The van der Waals surface area contributed by atoms with Crippen molar-refractivity contribution < 1.29 is 24.5 Å². The van der Waals surface area contributed by atoms with Crippen molar-refractivity contribution in [3.8, 4) is 0 Å². The Morgan fingerprint density at radius 3 is 2.96 bits per heavy atom. The maximum atomic E-state index is 12.1. The average Bonchev–Trinajstić information content (AvgIpc) is 2.96. The number of benzene rings is 1. The number of aliphatic carboxylic acids is 1. The van der Waals surface area contributed by atoms with Crippen molar-refractivity contribution in [3.05, 3.63) is 47.0 Å². The van der Waals surface area contributed by atoms with E-state index < -0.39 is 12.1 Å². The van der Waals surface area contributed by atoms with Crippen LogP contribution in [0, 0.1) is 0 Å². The Morgan fingerprint density at radius 1 is 1.41 bits per heavy atom. The van der Waals surface area contributed by atoms with E-state index in [9.17, 15) is 14.7 Å². The van der Waals surface area contributed by atoms with Crippen LogP contribution >= 0.6 is 11.6 Å². The fourth-order valence-corrected chi connectivity index (χ4v) is 3.34. The highest BCUT2D eigenvalue weighted by Gasteiger charge is 2.28. The van der Waals surface area contributed by atoms with E-state index in [2.05, 4.69) is 0 Å². The molecule has 0 radical (unpaired) electrons. The van der Waals surface area contributed by atoms with E-state index in [-0.39, 0.29) is 18.6 Å². The number of hydrogen-bond acceptors (Lipinski definition) is 4. The maximum absolute atomic E-state index is 12.1. The molecule has 1 fully saturated rings. The van der Waals surface area contributed by atoms with Crippen LogP contribution in [0.15, 0.2) is 36.4 Å². The van der Waals surface area contributed by atoms with E-state index in [0.717, 1.165) is 18.4 Å². The lowest BCUT2D eigenvalue weighted by Crippen LogP contribution is -2.33. The van der Waals surface area contributed by atoms with Crippen LogP contribution in [-0.2, 0) is 20.7 Å². The van der Waals surface area contributed by atoms with Gasteiger partial charge in [-0.2, -0.15) is 0 Å². The van der Waals surface area contributed by atoms with Crippen molar-refractivity contribution in [2.75, 3.05) is 19.8 Å². The Bertz CT molecular complexity index is 664. The summed E-state index contributed by atoms with van der Waals surface area (Å²) in [6.07, 6.45) is 6.19. The molecule has 1 unspecified atom stereocenters. The zero-order valence-electron chi connectivity index (χ0n) is 15.2. The van der Waals surface area contributed by atoms with Crippen molar-refractivity contribution in [1.82, 2.24) is 4.90 Å². The maximum Gasteiger partial charge on any atom is 0.329 e. The van der Waals surface area contributed by atoms with Gasteiger partial charge in [0.2, 0.25) is 5.91 Å². The molecule has 1 aromatic carbocycles. The van der Waals surface area contributed by atoms with E-state index in [1.54, 1.807) is 12.1 Å². The second kappa shape index (κ2) is 11.1. The molecule has 1 aliphatic rings. The Morgan fingerprint density at radius 2 is 2.22 bits per heavy atom. The van der Waals surface area contributed by atoms with Crippen molar-refractivity contribution in [2.45, 2.75) is 44.2 Å². The molecular formula is C20H26ClNO5. The van der Waals surface area contributed by atoms with Gasteiger partial charge in [0, 0.05) is 31.0 Å². The fraction of sp³-hybridized carbons (Fsp3) is 0.500. The number of carbonyl (C=O) groups is 2. The topological polar surface area (TPSA) is 87.1 Å². The summed E-state index contributed by atoms with van der Waals surface area (Å²) >= 11 is 5.96. The van der Waals surface area contributed by atoms with Gasteiger partial charge in [0.15, 0.2) is 0 Å². The number of rotatable bonds is 11. The van der Waals surface area contributed by atoms with Gasteiger partial charge in [-0.25, -0.2) is 4.79 Å². The van der Waals surface area contributed by atoms with Crippen molar-refractivity contribution in [3.63, 3.8) is 0 Å². The summed E-state index contributed by atoms with van der Waals surface area (Å²) in [5, 5.41) is 19.4. The first-order chi connectivity index (χ1) is 13.0. The summed E-state index contributed by atoms with van der Waals surface area (Å²) in [6.45, 7) is 0.681. The minimum Gasteiger partial charge on any atom is -0.480 e. The molecule has 1 heterocycles. The second-order valence-corrected chi connectivity index (χ2v) is 7.07. The molecule has 0 saturated carbocycles. The largest absolute Gasteiger partial charge is 0.480 e. The first-order valence-electron chi connectivity index (χ1n) is 9.15. The van der Waals surface area contributed by atoms with Gasteiger partial charge in [0.05, 0.1) is 12.1 Å². The molecule has 0 aliphatic carbocycles. The summed E-state index contributed by atoms with van der Waals surface area (Å²) < 4.78 is 5.00. The summed E-state index contributed by atoms with van der Waals surface area (Å²) in [4.78, 5) is 24.3. The molecule has 1 saturated heterocycles. The SMILES string of the molecule is O=C(O)COCCCCN1C(=O)CC[C@@H]1C=CC(O)Cc1cccc(Cl)c1. The van der Waals surface area contributed by atoms with E-state index >= 15 is 0 Å². The normalized spacial score (nSPS) is 18.4. The van der Waals surface area contributed by atoms with Crippen LogP contribution in [0.2, 0.25) is 5.02 Å². The quantitative estimate of drug-likeness (QED) is 0.444. The van der Waals surface area contributed by atoms with Crippen molar-refractivity contribution in [1.29, 1.82) is 0 Å². The lowest BCUT2D eigenvalue weighted by molar-refractivity contribution is -0.142. The molecule has 2 atom stereocenters. The number of ether oxygens (including phenoxy) is 1. The number of aliphatic hydroxyl groups is 1. The number of unbranched alkanes of at least 4 members (excludes halogenated alkanes) is 1. The average molecular weight is 396 g/mol. The molecular weight excluding hydrogens is 370 g/mol. The van der Waals surface area contributed by atoms with Crippen LogP contribution < -0.4 is 0 Å². The van der Waals surface area contributed by atoms with E-state index in [1.165, 1.54) is 0 Å². The minimum absolute atomic E-state index is 0.00792. The number of carbonyl (C=O) groups excluding carboxylic acids is 1. The zero-order valence-corrected chi connectivity index (χ0v) is 16.0. The number of nitrogens with zero attached hydrogens (tertiary/aromatic N) is 1. The first-order valence-corrected chi connectivity index (χ1v) is 9.53. The Balaban J connectivity index is 1.77. The predicted molar refractivity (Wildman–Crippen MR) is 103 cm³/mol. The molecule has 0 spiro atoms. The van der Waals surface area contributed by atoms with Gasteiger partial charge in [-0.1, -0.05) is 35.9 Å². The smallest absolute Gasteiger partial charge is 0.329 e. The number of carboxylic acid groups (broad SMARTS) is 1. The number of amides is 1. The summed E-state index contributed by atoms with van der Waals surface area (Å²) in [5.41, 5.74) is 0.959. The molecule has 148 valence electrons. The molecule has 1 aromatic rings. The van der Waals surface area contributed by atoms with Crippen LogP contribution in [0.5, 0.6) is 0 Å². The Kier molecular flexibility index (Phi) is 8.78. The van der Waals surface area contributed by atoms with Crippen LogP contribution in [0.4, 0.5) is 0 Å². The van der Waals surface area contributed by atoms with Crippen LogP contribution in [0.1, 0.15) is 31.2 Å². The molecule has 7 heteroatoms. The number of carboxylic acids is 1. The van der Waals surface area contributed by atoms with Gasteiger partial charge in [-0.3, -0.25) is 4.79 Å². The molecule has 0 bridgehead atoms. The van der Waals surface area contributed by atoms with Gasteiger partial charge < -0.3 is 19.8 Å². The van der Waals surface area contributed by atoms with Gasteiger partial charge >= 0.3 is 5.97 Å². The first kappa shape index (κ1) is 21.4. The highest BCUT2D eigenvalue weighted by atomic mass is 35.5. The number of hydrogen-bond donors (Lipinski definition) is 2. The van der Waals surface area contributed by atoms with Gasteiger partial charge in [0.1, 0.15) is 6.61 Å². The zero-order chi connectivity index (χ0) is 19.6. The van der Waals surface area contributed by atoms with E-state index in [1.807, 2.05) is 29.2 Å². The third-order valence-corrected chi connectivity index (χ3v) is 4.66. The van der Waals surface area contributed by atoms with E-state index in [4.69, 9.17) is 21.4 Å². The summed E-state index contributed by atoms with van der Waals surface area (Å²) in [6, 6.07) is 7.39. The third-order valence-electron chi connectivity index (χ3n) is 4.43. The standard InChI is InChI=1S/C20H26ClNO5/c21-16-5-3-4-15(12-16)13-18(23)8-6-17-7-9-19(24)22(17)10-1-2-11-27-14-20(25)26/h3-6,8,12,17-18,23H,1-2,7,9-11,13-14H2,(H,25,26)/t17-,18?/m0/s1. The van der Waals surface area contributed by atoms with Gasteiger partial charge in [0.25, 0.3) is 0 Å². The van der Waals surface area contributed by atoms with Gasteiger partial charge in [-0.15, -0.1) is 0 Å². The lowest BCUT2D eigenvalue weighted by Gasteiger charge is -2.22. The summed E-state index contributed by atoms with van der Waals surface area (Å²) in [5.74, 6) is -0.869. The van der Waals surface area contributed by atoms with Crippen LogP contribution in [0.3, 0.4) is 0 Å². The third kappa shape index (κ3) is 7.71. The second-order valence-electron chi connectivity index (χ2n) is 6.63. The predicted octanol–water partition coefficient (Wildman–Crippen LogP) is 2.67. The minimum atomic E-state index is -0.980. The molecule has 2 rings (SSSR count). The molecule has 0 aromatic heterocycles. The number of likely N-dealkylation sites (tertiary alicyclic amines) is 1. The summed E-state index contributed by atoms with van der Waals surface area (Å²) in [7, 11) is 0. The van der Waals surface area contributed by atoms with Crippen LogP contribution in [0.25, 0.3) is 0 Å². The lowest BCUT2D eigenvalue weighted by atomic mass is 10.1. The van der Waals surface area contributed by atoms with Gasteiger partial charge in [-0.05, 0) is 37.0 Å². The van der Waals surface area contributed by atoms with Crippen LogP contribution in [-0.4, -0.2) is 58.9 Å². The molecule has 6 nitrogen and oxygen atoms in total. The number of aliphatic hydroxyl groups excluding tert-OH is 1. The molecule has 1 aliphatic heterocycles. The molecule has 27 heavy (non-hydrogen) atoms. The monoisotopic (exact) mass is 395 g/mol. The van der Waals surface area contributed by atoms with Crippen molar-refractivity contribution in [2.24, 2.45) is 0 Å². The Hall–Kier alpha value is -1.89. The number of halogens is 1. The van der Waals surface area contributed by atoms with Crippen molar-refractivity contribution >= 4 is 23.5 Å². The highest BCUT2D eigenvalue weighted by molar-refractivity contribution is 6.30. The fourth-order valence-electron chi connectivity index (χ4n) is 3.12. The highest BCUT2D eigenvalue weighted by Crippen LogP contribution is 2.21. The molecule has 2 N–H and O–H groups in total.